The van der Waals surface area contributed by atoms with Gasteiger partial charge in [-0.05, 0) is 19.0 Å². The normalized spacial score (nSPS) is 31.1. The summed E-state index contributed by atoms with van der Waals surface area (Å²) in [5.41, 5.74) is -0.365. The lowest BCUT2D eigenvalue weighted by molar-refractivity contribution is -0.111. The third kappa shape index (κ3) is 1.16. The second kappa shape index (κ2) is 2.52. The molecule has 1 N–H and O–H groups in total. The van der Waals surface area contributed by atoms with Crippen molar-refractivity contribution in [2.75, 3.05) is 0 Å². The summed E-state index contributed by atoms with van der Waals surface area (Å²) in [5.74, 6) is -1.28. The van der Waals surface area contributed by atoms with Crippen LogP contribution in [0, 0.1) is 0 Å². The predicted molar refractivity (Wildman–Crippen MR) is 38.6 cm³/mol. The fraction of sp³-hybridized carbons (Fsp3) is 0.125. The molecule has 0 spiro atoms. The van der Waals surface area contributed by atoms with E-state index in [0.717, 1.165) is 0 Å². The van der Waals surface area contributed by atoms with E-state index in [2.05, 4.69) is 0 Å². The van der Waals surface area contributed by atoms with Crippen molar-refractivity contribution in [3.05, 3.63) is 35.5 Å². The van der Waals surface area contributed by atoms with Gasteiger partial charge in [-0.3, -0.25) is 4.79 Å². The number of aliphatic hydroxyl groups excluding tert-OH is 1. The maximum atomic E-state index is 11.3. The first kappa shape index (κ1) is 3.19. The van der Waals surface area contributed by atoms with Gasteiger partial charge < -0.3 is 5.11 Å². The Bertz CT molecular complexity index is 400. The van der Waals surface area contributed by atoms with Gasteiger partial charge in [0.15, 0.2) is 5.78 Å². The first-order chi connectivity index (χ1) is 6.37. The molecule has 0 heterocycles. The van der Waals surface area contributed by atoms with E-state index in [1.807, 2.05) is 0 Å². The molecule has 2 nitrogen and oxygen atoms in total. The highest BCUT2D eigenvalue weighted by molar-refractivity contribution is 6.07. The number of allylic oxidation sites excluding steroid dienone is 6. The monoisotopic (exact) mass is 140 g/mol. The highest BCUT2D eigenvalue weighted by atomic mass is 16.3. The zero-order valence-electron chi connectivity index (χ0n) is 9.36. The molecule has 10 heavy (non-hydrogen) atoms. The quantitative estimate of drug-likeness (QED) is 0.409. The van der Waals surface area contributed by atoms with Crippen LogP contribution in [0.3, 0.4) is 0 Å². The number of hydrogen-bond acceptors (Lipinski definition) is 2. The van der Waals surface area contributed by atoms with Crippen LogP contribution < -0.4 is 0 Å². The average molecular weight is 140 g/mol. The van der Waals surface area contributed by atoms with Gasteiger partial charge in [0.2, 0.25) is 0 Å². The van der Waals surface area contributed by atoms with Crippen molar-refractivity contribution >= 4 is 5.78 Å². The molecule has 1 aliphatic rings. The zero-order valence-corrected chi connectivity index (χ0v) is 5.36. The molecule has 0 saturated heterocycles. The second-order valence-corrected chi connectivity index (χ2v) is 1.79. The minimum Gasteiger partial charge on any atom is -0.512 e. The van der Waals surface area contributed by atoms with E-state index in [1.54, 1.807) is 0 Å². The number of carbonyl (C=O) groups is 1. The first-order valence-corrected chi connectivity index (χ1v) is 2.68. The lowest BCUT2D eigenvalue weighted by atomic mass is 10.1. The second-order valence-electron chi connectivity index (χ2n) is 1.79. The first-order valence-electron chi connectivity index (χ1n) is 4.68. The molecule has 1 rings (SSSR count). The summed E-state index contributed by atoms with van der Waals surface area (Å²) < 4.78 is 29.0. The van der Waals surface area contributed by atoms with Crippen LogP contribution in [0.5, 0.6) is 0 Å². The molecule has 52 valence electrons. The summed E-state index contributed by atoms with van der Waals surface area (Å²) in [6.07, 6.45) is 0. The Labute approximate surface area is 64.8 Å². The maximum absolute atomic E-state index is 11.3. The molecule has 0 fully saturated rings. The number of ketones is 1. The van der Waals surface area contributed by atoms with Gasteiger partial charge in [0.25, 0.3) is 0 Å². The summed E-state index contributed by atoms with van der Waals surface area (Å²) in [5, 5.41) is 9.09. The third-order valence-corrected chi connectivity index (χ3v) is 1.01. The van der Waals surface area contributed by atoms with Gasteiger partial charge >= 0.3 is 0 Å². The number of hydrogen-bond donors (Lipinski definition) is 1. The van der Waals surface area contributed by atoms with Crippen LogP contribution in [-0.4, -0.2) is 10.9 Å². The fourth-order valence-corrected chi connectivity index (χ4v) is 0.556. The van der Waals surface area contributed by atoms with Crippen LogP contribution in [0.1, 0.15) is 12.4 Å². The van der Waals surface area contributed by atoms with Crippen LogP contribution in [0.25, 0.3) is 0 Å². The van der Waals surface area contributed by atoms with E-state index < -0.39 is 35.8 Å². The Hall–Kier alpha value is -1.31. The largest absolute Gasteiger partial charge is 0.512 e. The smallest absolute Gasteiger partial charge is 0.189 e. The Kier molecular flexibility index (Phi) is 0.804. The molecule has 0 aromatic rings. The molecule has 0 bridgehead atoms. The van der Waals surface area contributed by atoms with Gasteiger partial charge in [0.05, 0.1) is 11.1 Å². The molecule has 0 aliphatic heterocycles. The van der Waals surface area contributed by atoms with Crippen molar-refractivity contribution < 1.29 is 15.4 Å². The fourth-order valence-electron chi connectivity index (χ4n) is 0.556. The molecular weight excluding hydrogens is 128 g/mol. The lowest BCUT2D eigenvalue weighted by Crippen LogP contribution is -2.01. The molecule has 0 radical (unpaired) electrons. The summed E-state index contributed by atoms with van der Waals surface area (Å²) >= 11 is 0. The third-order valence-electron chi connectivity index (χ3n) is 1.01. The van der Waals surface area contributed by atoms with Gasteiger partial charge in [0.1, 0.15) is 5.76 Å². The van der Waals surface area contributed by atoms with Crippen LogP contribution >= 0.6 is 0 Å². The van der Waals surface area contributed by atoms with Crippen molar-refractivity contribution in [1.29, 1.82) is 0 Å². The number of carbonyl (C=O) groups excluding carboxylic acids is 1. The molecule has 0 aromatic carbocycles. The van der Waals surface area contributed by atoms with E-state index in [1.165, 1.54) is 6.92 Å². The zero-order chi connectivity index (χ0) is 11.0. The van der Waals surface area contributed by atoms with Crippen molar-refractivity contribution in [2.24, 2.45) is 0 Å². The minimum atomic E-state index is -0.879. The molecule has 0 amide bonds. The highest BCUT2D eigenvalue weighted by Crippen LogP contribution is 2.09. The maximum Gasteiger partial charge on any atom is 0.189 e. The Balaban J connectivity index is 3.50. The van der Waals surface area contributed by atoms with Crippen molar-refractivity contribution in [2.45, 2.75) is 6.92 Å². The van der Waals surface area contributed by atoms with Gasteiger partial charge in [-0.1, -0.05) is 12.1 Å². The summed E-state index contributed by atoms with van der Waals surface area (Å²) in [6, 6.07) is -2.26. The van der Waals surface area contributed by atoms with Gasteiger partial charge in [-0.15, -0.1) is 0 Å². The summed E-state index contributed by atoms with van der Waals surface area (Å²) in [7, 11) is 0. The van der Waals surface area contributed by atoms with E-state index in [9.17, 15) is 4.79 Å². The van der Waals surface area contributed by atoms with E-state index >= 15 is 0 Å². The van der Waals surface area contributed by atoms with Crippen LogP contribution in [-0.2, 0) is 4.79 Å². The van der Waals surface area contributed by atoms with Crippen molar-refractivity contribution in [3.63, 3.8) is 0 Å². The molecule has 0 saturated carbocycles. The van der Waals surface area contributed by atoms with Gasteiger partial charge in [0, 0.05) is 0 Å². The van der Waals surface area contributed by atoms with Crippen LogP contribution in [0.15, 0.2) is 35.5 Å². The molecule has 0 unspecified atom stereocenters. The molecule has 2 heteroatoms. The Morgan fingerprint density at radius 2 is 2.20 bits per heavy atom. The Morgan fingerprint density at radius 1 is 1.60 bits per heavy atom. The standard InChI is InChI=1S/C8H8O2/c1-6(9)7-4-2-3-5-8(7)10/h2-5,9H,1H3/b7-6+/i2D,3D,4D,5D. The molecule has 0 atom stereocenters. The lowest BCUT2D eigenvalue weighted by Gasteiger charge is -2.00. The van der Waals surface area contributed by atoms with Crippen LogP contribution in [0.2, 0.25) is 0 Å². The number of rotatable bonds is 0. The van der Waals surface area contributed by atoms with Crippen LogP contribution in [0.4, 0.5) is 0 Å². The predicted octanol–water partition coefficient (Wildman–Crippen LogP) is 1.51. The van der Waals surface area contributed by atoms with E-state index in [-0.39, 0.29) is 5.57 Å². The van der Waals surface area contributed by atoms with E-state index in [0.29, 0.717) is 0 Å². The Morgan fingerprint density at radius 3 is 2.80 bits per heavy atom. The molecule has 0 aromatic heterocycles. The van der Waals surface area contributed by atoms with Gasteiger partial charge in [-0.25, -0.2) is 0 Å². The minimum absolute atomic E-state index is 0.365. The van der Waals surface area contributed by atoms with Gasteiger partial charge in [-0.2, -0.15) is 0 Å². The average Bonchev–Trinajstić information content (AvgIpc) is 2.11. The highest BCUT2D eigenvalue weighted by Gasteiger charge is 2.07. The van der Waals surface area contributed by atoms with Crippen molar-refractivity contribution in [3.8, 4) is 0 Å². The van der Waals surface area contributed by atoms with Crippen molar-refractivity contribution in [1.82, 2.24) is 0 Å². The topological polar surface area (TPSA) is 37.3 Å². The summed E-state index contributed by atoms with van der Waals surface area (Å²) in [6.45, 7) is 1.21. The van der Waals surface area contributed by atoms with E-state index in [4.69, 9.17) is 10.6 Å². The molecule has 1 aliphatic carbocycles. The SMILES string of the molecule is [2H]C1=C([2H])C([2H])=C([2H])/C(=C(/C)O)C1=O. The number of aliphatic hydroxyl groups is 1. The summed E-state index contributed by atoms with van der Waals surface area (Å²) in [4.78, 5) is 11.3. The molecular formula is C8H8O2.